The van der Waals surface area contributed by atoms with E-state index in [1.165, 1.54) is 12.1 Å². The molecule has 6 heteroatoms. The van der Waals surface area contributed by atoms with Gasteiger partial charge in [0.15, 0.2) is 4.87 Å². The third kappa shape index (κ3) is 7.45. The number of unbranched alkanes of at least 4 members (excludes halogenated alkanes) is 3. The van der Waals surface area contributed by atoms with E-state index >= 15 is 0 Å². The van der Waals surface area contributed by atoms with Crippen molar-refractivity contribution in [3.8, 4) is 0 Å². The van der Waals surface area contributed by atoms with Gasteiger partial charge in [-0.1, -0.05) is 85.6 Å². The standard InChI is InChI=1S/C31H35FN2O2S/c32-28-18-16-25(17-19-28)11-5-1-2-10-21-33-30(36)31(34-22-20-29(34)35,23-26-12-6-3-7-13-26)37-24-27-14-8-4-9-15-27/h3-4,6-9,12-19H,1-2,5,10-11,20-24H2,(H,33,36). The van der Waals surface area contributed by atoms with E-state index in [0.29, 0.717) is 31.7 Å². The maximum Gasteiger partial charge on any atom is 0.256 e. The molecule has 4 rings (SSSR count). The summed E-state index contributed by atoms with van der Waals surface area (Å²) in [5.74, 6) is 0.391. The molecule has 1 unspecified atom stereocenters. The number of thioether (sulfide) groups is 1. The Morgan fingerprint density at radius 2 is 1.49 bits per heavy atom. The van der Waals surface area contributed by atoms with Gasteiger partial charge in [0.25, 0.3) is 5.91 Å². The minimum Gasteiger partial charge on any atom is -0.353 e. The smallest absolute Gasteiger partial charge is 0.256 e. The molecule has 0 bridgehead atoms. The molecule has 1 saturated heterocycles. The predicted octanol–water partition coefficient (Wildman–Crippen LogP) is 6.15. The molecule has 3 aromatic carbocycles. The summed E-state index contributed by atoms with van der Waals surface area (Å²) < 4.78 is 13.1. The van der Waals surface area contributed by atoms with E-state index in [4.69, 9.17) is 0 Å². The molecule has 0 spiro atoms. The van der Waals surface area contributed by atoms with Crippen LogP contribution in [0.3, 0.4) is 0 Å². The number of nitrogens with zero attached hydrogens (tertiary/aromatic N) is 1. The molecule has 1 aliphatic rings. The monoisotopic (exact) mass is 518 g/mol. The summed E-state index contributed by atoms with van der Waals surface area (Å²) in [4.78, 5) is 27.3. The zero-order valence-corrected chi connectivity index (χ0v) is 22.0. The Labute approximate surface area is 223 Å². The molecule has 0 radical (unpaired) electrons. The summed E-state index contributed by atoms with van der Waals surface area (Å²) in [6, 6.07) is 26.8. The molecule has 1 heterocycles. The number of carbonyl (C=O) groups excluding carboxylic acids is 2. The second-order valence-corrected chi connectivity index (χ2v) is 10.8. The van der Waals surface area contributed by atoms with Gasteiger partial charge in [-0.15, -0.1) is 11.8 Å². The molecular formula is C31H35FN2O2S. The Balaban J connectivity index is 1.36. The first-order chi connectivity index (χ1) is 18.1. The third-order valence-corrected chi connectivity index (χ3v) is 8.34. The molecule has 2 amide bonds. The normalized spacial score (nSPS) is 14.6. The van der Waals surface area contributed by atoms with Gasteiger partial charge in [0.2, 0.25) is 5.91 Å². The summed E-state index contributed by atoms with van der Waals surface area (Å²) >= 11 is 1.55. The highest BCUT2D eigenvalue weighted by Crippen LogP contribution is 2.39. The van der Waals surface area contributed by atoms with Crippen molar-refractivity contribution < 1.29 is 14.0 Å². The predicted molar refractivity (Wildman–Crippen MR) is 149 cm³/mol. The van der Waals surface area contributed by atoms with Crippen LogP contribution in [-0.4, -0.2) is 34.7 Å². The molecule has 1 N–H and O–H groups in total. The SMILES string of the molecule is O=C1CCN1C(Cc1ccccc1)(SCc1ccccc1)C(=O)NCCCCCCc1ccc(F)cc1. The minimum absolute atomic E-state index is 0.0347. The van der Waals surface area contributed by atoms with Crippen molar-refractivity contribution in [3.05, 3.63) is 107 Å². The van der Waals surface area contributed by atoms with Crippen molar-refractivity contribution in [2.45, 2.75) is 55.6 Å². The lowest BCUT2D eigenvalue weighted by atomic mass is 9.99. The summed E-state index contributed by atoms with van der Waals surface area (Å²) in [7, 11) is 0. The van der Waals surface area contributed by atoms with Gasteiger partial charge >= 0.3 is 0 Å². The Bertz CT molecular complexity index is 1140. The van der Waals surface area contributed by atoms with Crippen molar-refractivity contribution in [1.29, 1.82) is 0 Å². The van der Waals surface area contributed by atoms with Crippen LogP contribution in [0, 0.1) is 5.82 Å². The lowest BCUT2D eigenvalue weighted by molar-refractivity contribution is -0.150. The fourth-order valence-electron chi connectivity index (χ4n) is 4.64. The molecule has 37 heavy (non-hydrogen) atoms. The first-order valence-electron chi connectivity index (χ1n) is 13.1. The molecule has 1 atom stereocenters. The quantitative estimate of drug-likeness (QED) is 0.206. The molecule has 4 nitrogen and oxygen atoms in total. The molecule has 1 fully saturated rings. The van der Waals surface area contributed by atoms with Gasteiger partial charge in [0.05, 0.1) is 0 Å². The van der Waals surface area contributed by atoms with Gasteiger partial charge in [0, 0.05) is 31.7 Å². The number of rotatable bonds is 14. The van der Waals surface area contributed by atoms with Crippen LogP contribution in [0.5, 0.6) is 0 Å². The summed E-state index contributed by atoms with van der Waals surface area (Å²) in [5.41, 5.74) is 3.32. The molecular weight excluding hydrogens is 483 g/mol. The average Bonchev–Trinajstić information content (AvgIpc) is 2.92. The number of aryl methyl sites for hydroxylation is 1. The number of halogens is 1. The van der Waals surface area contributed by atoms with Crippen molar-refractivity contribution in [2.75, 3.05) is 13.1 Å². The zero-order valence-electron chi connectivity index (χ0n) is 21.2. The van der Waals surface area contributed by atoms with Crippen molar-refractivity contribution in [3.63, 3.8) is 0 Å². The number of likely N-dealkylation sites (tertiary alicyclic amines) is 1. The Morgan fingerprint density at radius 3 is 2.11 bits per heavy atom. The molecule has 0 aromatic heterocycles. The zero-order chi connectivity index (χ0) is 25.9. The average molecular weight is 519 g/mol. The van der Waals surface area contributed by atoms with E-state index in [9.17, 15) is 14.0 Å². The minimum atomic E-state index is -0.977. The second kappa shape index (κ2) is 13.4. The highest BCUT2D eigenvalue weighted by molar-refractivity contribution is 8.00. The summed E-state index contributed by atoms with van der Waals surface area (Å²) in [6.45, 7) is 1.18. The first-order valence-corrected chi connectivity index (χ1v) is 14.1. The maximum atomic E-state index is 13.8. The lowest BCUT2D eigenvalue weighted by Gasteiger charge is -2.47. The summed E-state index contributed by atoms with van der Waals surface area (Å²) in [6.07, 6.45) is 5.87. The fourth-order valence-corrected chi connectivity index (χ4v) is 6.06. The number of benzene rings is 3. The van der Waals surface area contributed by atoms with Crippen molar-refractivity contribution in [2.24, 2.45) is 0 Å². The van der Waals surface area contributed by atoms with Gasteiger partial charge in [-0.2, -0.15) is 0 Å². The highest BCUT2D eigenvalue weighted by Gasteiger charge is 2.50. The van der Waals surface area contributed by atoms with Gasteiger partial charge < -0.3 is 10.2 Å². The molecule has 1 aliphatic heterocycles. The van der Waals surface area contributed by atoms with Crippen LogP contribution in [0.1, 0.15) is 48.8 Å². The van der Waals surface area contributed by atoms with E-state index in [1.54, 1.807) is 16.7 Å². The van der Waals surface area contributed by atoms with Crippen LogP contribution in [-0.2, 0) is 28.2 Å². The summed E-state index contributed by atoms with van der Waals surface area (Å²) in [5, 5.41) is 3.17. The Kier molecular flexibility index (Phi) is 9.78. The molecule has 3 aromatic rings. The number of hydrogen-bond donors (Lipinski definition) is 1. The van der Waals surface area contributed by atoms with Crippen LogP contribution in [0.15, 0.2) is 84.9 Å². The maximum absolute atomic E-state index is 13.8. The van der Waals surface area contributed by atoms with Gasteiger partial charge in [-0.3, -0.25) is 9.59 Å². The van der Waals surface area contributed by atoms with Crippen molar-refractivity contribution >= 4 is 23.6 Å². The number of hydrogen-bond acceptors (Lipinski definition) is 3. The van der Waals surface area contributed by atoms with Gasteiger partial charge in [0.1, 0.15) is 5.82 Å². The van der Waals surface area contributed by atoms with E-state index in [0.717, 1.165) is 48.8 Å². The third-order valence-electron chi connectivity index (χ3n) is 6.84. The number of β-lactam (4-membered cyclic amide) rings is 1. The van der Waals surface area contributed by atoms with Gasteiger partial charge in [-0.25, -0.2) is 4.39 Å². The van der Waals surface area contributed by atoms with Crippen LogP contribution in [0.2, 0.25) is 0 Å². The van der Waals surface area contributed by atoms with E-state index < -0.39 is 4.87 Å². The second-order valence-electron chi connectivity index (χ2n) is 9.56. The van der Waals surface area contributed by atoms with Crippen LogP contribution >= 0.6 is 11.8 Å². The Morgan fingerprint density at radius 1 is 0.838 bits per heavy atom. The van der Waals surface area contributed by atoms with Crippen LogP contribution in [0.25, 0.3) is 0 Å². The number of carbonyl (C=O) groups is 2. The Hall–Kier alpha value is -3.12. The number of amides is 2. The molecule has 0 saturated carbocycles. The van der Waals surface area contributed by atoms with Crippen LogP contribution in [0.4, 0.5) is 4.39 Å². The number of nitrogens with one attached hydrogen (secondary N) is 1. The van der Waals surface area contributed by atoms with E-state index in [2.05, 4.69) is 17.4 Å². The molecule has 0 aliphatic carbocycles. The largest absolute Gasteiger partial charge is 0.353 e. The van der Waals surface area contributed by atoms with E-state index in [1.807, 2.05) is 60.7 Å². The highest BCUT2D eigenvalue weighted by atomic mass is 32.2. The molecule has 194 valence electrons. The van der Waals surface area contributed by atoms with Gasteiger partial charge in [-0.05, 0) is 48.1 Å². The van der Waals surface area contributed by atoms with Crippen molar-refractivity contribution in [1.82, 2.24) is 10.2 Å². The fraction of sp³-hybridized carbons (Fsp3) is 0.355. The van der Waals surface area contributed by atoms with Crippen LogP contribution < -0.4 is 5.32 Å². The topological polar surface area (TPSA) is 49.4 Å². The van der Waals surface area contributed by atoms with E-state index in [-0.39, 0.29) is 17.6 Å². The lowest BCUT2D eigenvalue weighted by Crippen LogP contribution is -2.64. The first kappa shape index (κ1) is 26.9.